The van der Waals surface area contributed by atoms with Crippen LogP contribution in [0.4, 0.5) is 0 Å². The van der Waals surface area contributed by atoms with Crippen LogP contribution >= 0.6 is 0 Å². The van der Waals surface area contributed by atoms with Crippen LogP contribution in [0.1, 0.15) is 20.8 Å². The first-order valence-electron chi connectivity index (χ1n) is 7.45. The molecule has 0 atom stereocenters. The second-order valence-electron chi connectivity index (χ2n) is 5.05. The van der Waals surface area contributed by atoms with Gasteiger partial charge in [0.25, 0.3) is 11.8 Å². The van der Waals surface area contributed by atoms with Crippen molar-refractivity contribution in [1.29, 1.82) is 0 Å². The molecule has 7 heteroatoms. The van der Waals surface area contributed by atoms with E-state index in [1.54, 1.807) is 24.3 Å². The van der Waals surface area contributed by atoms with Gasteiger partial charge in [0.2, 0.25) is 0 Å². The van der Waals surface area contributed by atoms with E-state index in [0.717, 1.165) is 5.56 Å². The fraction of sp³-hybridized carbons (Fsp3) is 0.0556. The Morgan fingerprint density at radius 2 is 1.64 bits per heavy atom. The van der Waals surface area contributed by atoms with Gasteiger partial charge in [-0.3, -0.25) is 20.4 Å². The molecule has 7 nitrogen and oxygen atoms in total. The van der Waals surface area contributed by atoms with Crippen LogP contribution in [0.25, 0.3) is 11.3 Å². The molecule has 3 aromatic rings. The fourth-order valence-electron chi connectivity index (χ4n) is 2.20. The van der Waals surface area contributed by atoms with Crippen LogP contribution in [-0.4, -0.2) is 24.1 Å². The van der Waals surface area contributed by atoms with E-state index in [-0.39, 0.29) is 5.69 Å². The molecule has 0 aliphatic carbocycles. The lowest BCUT2D eigenvalue weighted by atomic mass is 10.1. The molecule has 0 aliphatic rings. The zero-order valence-corrected chi connectivity index (χ0v) is 13.4. The lowest BCUT2D eigenvalue weighted by Crippen LogP contribution is -2.41. The summed E-state index contributed by atoms with van der Waals surface area (Å²) in [4.78, 5) is 24.2. The number of carbonyl (C=O) groups is 2. The number of carbonyl (C=O) groups excluding carboxylic acids is 2. The van der Waals surface area contributed by atoms with E-state index in [0.29, 0.717) is 17.1 Å². The van der Waals surface area contributed by atoms with Gasteiger partial charge in [0.1, 0.15) is 5.75 Å². The number of hydrazine groups is 1. The van der Waals surface area contributed by atoms with Crippen LogP contribution in [0.15, 0.2) is 65.2 Å². The first-order chi connectivity index (χ1) is 12.2. The van der Waals surface area contributed by atoms with Crippen molar-refractivity contribution in [1.82, 2.24) is 16.0 Å². The fourth-order valence-corrected chi connectivity index (χ4v) is 2.20. The van der Waals surface area contributed by atoms with E-state index >= 15 is 0 Å². The van der Waals surface area contributed by atoms with Gasteiger partial charge >= 0.3 is 0 Å². The van der Waals surface area contributed by atoms with Crippen molar-refractivity contribution in [3.8, 4) is 17.1 Å². The highest BCUT2D eigenvalue weighted by Crippen LogP contribution is 2.19. The molecule has 2 N–H and O–H groups in total. The molecule has 25 heavy (non-hydrogen) atoms. The molecular weight excluding hydrogens is 322 g/mol. The number of hydrogen-bond acceptors (Lipinski definition) is 5. The minimum Gasteiger partial charge on any atom is -0.496 e. The molecule has 2 amide bonds. The van der Waals surface area contributed by atoms with Gasteiger partial charge in [0, 0.05) is 11.6 Å². The van der Waals surface area contributed by atoms with Crippen molar-refractivity contribution in [2.45, 2.75) is 0 Å². The minimum atomic E-state index is -0.589. The van der Waals surface area contributed by atoms with Gasteiger partial charge in [-0.05, 0) is 12.1 Å². The van der Waals surface area contributed by atoms with Crippen LogP contribution in [0.5, 0.6) is 5.75 Å². The van der Waals surface area contributed by atoms with Crippen LogP contribution < -0.4 is 15.6 Å². The van der Waals surface area contributed by atoms with E-state index in [4.69, 9.17) is 9.26 Å². The summed E-state index contributed by atoms with van der Waals surface area (Å²) >= 11 is 0. The molecular formula is C18H15N3O4. The van der Waals surface area contributed by atoms with Crippen molar-refractivity contribution in [2.75, 3.05) is 7.11 Å². The number of benzene rings is 2. The average molecular weight is 337 g/mol. The van der Waals surface area contributed by atoms with Crippen molar-refractivity contribution in [3.63, 3.8) is 0 Å². The van der Waals surface area contributed by atoms with Gasteiger partial charge in [0.05, 0.1) is 12.7 Å². The van der Waals surface area contributed by atoms with Crippen LogP contribution in [0, 0.1) is 0 Å². The Morgan fingerprint density at radius 1 is 0.960 bits per heavy atom. The molecule has 0 saturated carbocycles. The van der Waals surface area contributed by atoms with Crippen molar-refractivity contribution in [3.05, 3.63) is 71.9 Å². The van der Waals surface area contributed by atoms with Crippen molar-refractivity contribution < 1.29 is 18.8 Å². The number of ether oxygens (including phenoxy) is 1. The Morgan fingerprint density at radius 3 is 2.40 bits per heavy atom. The van der Waals surface area contributed by atoms with Gasteiger partial charge in [0.15, 0.2) is 11.5 Å². The third kappa shape index (κ3) is 3.66. The number of hydrogen-bond donors (Lipinski definition) is 2. The molecule has 2 aromatic carbocycles. The maximum atomic E-state index is 12.1. The van der Waals surface area contributed by atoms with E-state index < -0.39 is 11.8 Å². The Labute approximate surface area is 143 Å². The van der Waals surface area contributed by atoms with Gasteiger partial charge < -0.3 is 9.26 Å². The normalized spacial score (nSPS) is 10.1. The molecule has 0 bridgehead atoms. The molecule has 0 spiro atoms. The number of nitrogens with one attached hydrogen (secondary N) is 2. The number of aromatic nitrogens is 1. The predicted octanol–water partition coefficient (Wildman–Crippen LogP) is 2.43. The number of para-hydroxylation sites is 1. The summed E-state index contributed by atoms with van der Waals surface area (Å²) < 4.78 is 10.3. The second-order valence-corrected chi connectivity index (χ2v) is 5.05. The minimum absolute atomic E-state index is 0.0548. The van der Waals surface area contributed by atoms with E-state index in [1.165, 1.54) is 13.2 Å². The highest BCUT2D eigenvalue weighted by Gasteiger charge is 2.16. The maximum absolute atomic E-state index is 12.1. The lowest BCUT2D eigenvalue weighted by Gasteiger charge is -2.09. The summed E-state index contributed by atoms with van der Waals surface area (Å²) in [6.07, 6.45) is 0. The van der Waals surface area contributed by atoms with Gasteiger partial charge in [-0.1, -0.05) is 47.6 Å². The molecule has 126 valence electrons. The first kappa shape index (κ1) is 16.3. The molecule has 0 aliphatic heterocycles. The molecule has 0 unspecified atom stereocenters. The Kier molecular flexibility index (Phi) is 4.75. The largest absolute Gasteiger partial charge is 0.496 e. The summed E-state index contributed by atoms with van der Waals surface area (Å²) in [5.41, 5.74) is 5.77. The first-order valence-corrected chi connectivity index (χ1v) is 7.45. The monoisotopic (exact) mass is 337 g/mol. The highest BCUT2D eigenvalue weighted by atomic mass is 16.5. The number of nitrogens with zero attached hydrogens (tertiary/aromatic N) is 1. The summed E-state index contributed by atoms with van der Waals surface area (Å²) in [6, 6.07) is 17.4. The summed E-state index contributed by atoms with van der Waals surface area (Å²) in [6.45, 7) is 0. The van der Waals surface area contributed by atoms with Crippen LogP contribution in [0.2, 0.25) is 0 Å². The van der Waals surface area contributed by atoms with Crippen LogP contribution in [-0.2, 0) is 0 Å². The molecule has 0 saturated heterocycles. The Hall–Kier alpha value is -3.61. The Bertz CT molecular complexity index is 890. The van der Waals surface area contributed by atoms with E-state index in [2.05, 4.69) is 16.0 Å². The van der Waals surface area contributed by atoms with Crippen molar-refractivity contribution >= 4 is 11.8 Å². The van der Waals surface area contributed by atoms with Gasteiger partial charge in [-0.25, -0.2) is 0 Å². The standard InChI is InChI=1S/C18H15N3O4/c1-24-15-10-6-5-9-13(15)17(22)19-20-18(23)14-11-16(25-21-14)12-7-3-2-4-8-12/h2-11H,1H3,(H,19,22)(H,20,23). The SMILES string of the molecule is COc1ccccc1C(=O)NNC(=O)c1cc(-c2ccccc2)on1. The lowest BCUT2D eigenvalue weighted by molar-refractivity contribution is 0.0840. The summed E-state index contributed by atoms with van der Waals surface area (Å²) in [7, 11) is 1.46. The molecule has 0 radical (unpaired) electrons. The topological polar surface area (TPSA) is 93.5 Å². The zero-order chi connectivity index (χ0) is 17.6. The number of rotatable bonds is 4. The zero-order valence-electron chi connectivity index (χ0n) is 13.4. The summed E-state index contributed by atoms with van der Waals surface area (Å²) in [5.74, 6) is -0.226. The van der Waals surface area contributed by atoms with Crippen LogP contribution in [0.3, 0.4) is 0 Å². The van der Waals surface area contributed by atoms with Crippen molar-refractivity contribution in [2.24, 2.45) is 0 Å². The number of methoxy groups -OCH3 is 1. The molecule has 3 rings (SSSR count). The quantitative estimate of drug-likeness (QED) is 0.713. The second kappa shape index (κ2) is 7.31. The molecule has 0 fully saturated rings. The highest BCUT2D eigenvalue weighted by molar-refractivity contribution is 6.00. The smallest absolute Gasteiger partial charge is 0.291 e. The summed E-state index contributed by atoms with van der Waals surface area (Å²) in [5, 5.41) is 3.71. The maximum Gasteiger partial charge on any atom is 0.291 e. The average Bonchev–Trinajstić information content (AvgIpc) is 3.17. The Balaban J connectivity index is 1.65. The van der Waals surface area contributed by atoms with Gasteiger partial charge in [-0.2, -0.15) is 0 Å². The molecule has 1 aromatic heterocycles. The third-order valence-corrected chi connectivity index (χ3v) is 3.44. The predicted molar refractivity (Wildman–Crippen MR) is 89.9 cm³/mol. The van der Waals surface area contributed by atoms with Gasteiger partial charge in [-0.15, -0.1) is 0 Å². The van der Waals surface area contributed by atoms with E-state index in [1.807, 2.05) is 30.3 Å². The number of amides is 2. The third-order valence-electron chi connectivity index (χ3n) is 3.44. The molecule has 1 heterocycles. The van der Waals surface area contributed by atoms with E-state index in [9.17, 15) is 9.59 Å².